The first-order chi connectivity index (χ1) is 10.1. The number of aliphatic hydroxyl groups is 1. The van der Waals surface area contributed by atoms with E-state index in [0.29, 0.717) is 28.4 Å². The van der Waals surface area contributed by atoms with Crippen molar-refractivity contribution in [2.75, 3.05) is 21.3 Å². The van der Waals surface area contributed by atoms with E-state index in [1.165, 1.54) is 33.5 Å². The van der Waals surface area contributed by atoms with Gasteiger partial charge in [-0.05, 0) is 35.4 Å². The predicted molar refractivity (Wildman–Crippen MR) is 76.6 cm³/mol. The van der Waals surface area contributed by atoms with Gasteiger partial charge in [0, 0.05) is 0 Å². The number of halogens is 1. The molecule has 1 N–H and O–H groups in total. The van der Waals surface area contributed by atoms with Crippen molar-refractivity contribution < 1.29 is 23.7 Å². The molecule has 2 aromatic rings. The Hall–Kier alpha value is -2.27. The molecule has 0 aliphatic heterocycles. The van der Waals surface area contributed by atoms with E-state index in [1.54, 1.807) is 24.3 Å². The second-order valence-corrected chi connectivity index (χ2v) is 4.42. The summed E-state index contributed by atoms with van der Waals surface area (Å²) in [7, 11) is 4.49. The molecule has 1 atom stereocenters. The molecule has 1 unspecified atom stereocenters. The maximum Gasteiger partial charge on any atom is 0.203 e. The highest BCUT2D eigenvalue weighted by molar-refractivity contribution is 5.55. The van der Waals surface area contributed by atoms with Crippen molar-refractivity contribution in [2.45, 2.75) is 6.10 Å². The van der Waals surface area contributed by atoms with E-state index in [2.05, 4.69) is 0 Å². The molecule has 0 heterocycles. The largest absolute Gasteiger partial charge is 0.493 e. The van der Waals surface area contributed by atoms with Crippen LogP contribution in [0, 0.1) is 5.82 Å². The monoisotopic (exact) mass is 292 g/mol. The third-order valence-corrected chi connectivity index (χ3v) is 3.17. The minimum absolute atomic E-state index is 0.404. The molecule has 2 rings (SSSR count). The van der Waals surface area contributed by atoms with E-state index in [9.17, 15) is 9.50 Å². The number of benzene rings is 2. The quantitative estimate of drug-likeness (QED) is 0.920. The Morgan fingerprint density at radius 2 is 1.52 bits per heavy atom. The summed E-state index contributed by atoms with van der Waals surface area (Å²) < 4.78 is 29.0. The Labute approximate surface area is 122 Å². The number of hydrogen-bond donors (Lipinski definition) is 1. The van der Waals surface area contributed by atoms with Crippen LogP contribution in [-0.4, -0.2) is 26.4 Å². The van der Waals surface area contributed by atoms with Crippen molar-refractivity contribution in [3.05, 3.63) is 53.3 Å². The molecule has 5 heteroatoms. The van der Waals surface area contributed by atoms with Crippen LogP contribution in [0.4, 0.5) is 4.39 Å². The first-order valence-corrected chi connectivity index (χ1v) is 6.34. The highest BCUT2D eigenvalue weighted by Crippen LogP contribution is 2.40. The van der Waals surface area contributed by atoms with Crippen molar-refractivity contribution in [1.29, 1.82) is 0 Å². The van der Waals surface area contributed by atoms with Crippen LogP contribution in [0.5, 0.6) is 17.2 Å². The van der Waals surface area contributed by atoms with Gasteiger partial charge in [0.25, 0.3) is 0 Å². The Kier molecular flexibility index (Phi) is 4.65. The lowest BCUT2D eigenvalue weighted by Crippen LogP contribution is -2.03. The SMILES string of the molecule is COc1cc(C(O)c2cccc(F)c2)cc(OC)c1OC. The Bertz CT molecular complexity index is 602. The summed E-state index contributed by atoms with van der Waals surface area (Å²) >= 11 is 0. The molecule has 0 fully saturated rings. The molecule has 21 heavy (non-hydrogen) atoms. The average molecular weight is 292 g/mol. The van der Waals surface area contributed by atoms with Gasteiger partial charge in [0.2, 0.25) is 5.75 Å². The fraction of sp³-hybridized carbons (Fsp3) is 0.250. The summed E-state index contributed by atoms with van der Waals surface area (Å²) in [5, 5.41) is 10.4. The number of hydrogen-bond acceptors (Lipinski definition) is 4. The van der Waals surface area contributed by atoms with E-state index >= 15 is 0 Å². The molecule has 2 aromatic carbocycles. The smallest absolute Gasteiger partial charge is 0.203 e. The summed E-state index contributed by atoms with van der Waals surface area (Å²) in [4.78, 5) is 0. The zero-order valence-corrected chi connectivity index (χ0v) is 12.1. The number of methoxy groups -OCH3 is 3. The van der Waals surface area contributed by atoms with Crippen molar-refractivity contribution in [2.24, 2.45) is 0 Å². The third-order valence-electron chi connectivity index (χ3n) is 3.17. The summed E-state index contributed by atoms with van der Waals surface area (Å²) in [5.41, 5.74) is 0.972. The Balaban J connectivity index is 2.48. The zero-order valence-electron chi connectivity index (χ0n) is 12.1. The molecule has 0 spiro atoms. The fourth-order valence-electron chi connectivity index (χ4n) is 2.13. The van der Waals surface area contributed by atoms with Crippen molar-refractivity contribution in [3.63, 3.8) is 0 Å². The molecule has 4 nitrogen and oxygen atoms in total. The third kappa shape index (κ3) is 3.08. The van der Waals surface area contributed by atoms with Gasteiger partial charge in [0.15, 0.2) is 11.5 Å². The molecular weight excluding hydrogens is 275 g/mol. The normalized spacial score (nSPS) is 11.9. The van der Waals surface area contributed by atoms with Crippen LogP contribution >= 0.6 is 0 Å². The number of rotatable bonds is 5. The van der Waals surface area contributed by atoms with E-state index in [1.807, 2.05) is 0 Å². The predicted octanol–water partition coefficient (Wildman–Crippen LogP) is 2.93. The van der Waals surface area contributed by atoms with E-state index in [0.717, 1.165) is 0 Å². The van der Waals surface area contributed by atoms with Gasteiger partial charge in [-0.15, -0.1) is 0 Å². The summed E-state index contributed by atoms with van der Waals surface area (Å²) in [6, 6.07) is 9.08. The molecule has 0 amide bonds. The average Bonchev–Trinajstić information content (AvgIpc) is 2.52. The first kappa shape index (κ1) is 15.1. The second kappa shape index (κ2) is 6.45. The maximum absolute atomic E-state index is 13.3. The zero-order chi connectivity index (χ0) is 15.4. The minimum atomic E-state index is -0.991. The number of ether oxygens (including phenoxy) is 3. The molecule has 0 aliphatic carbocycles. The van der Waals surface area contributed by atoms with Gasteiger partial charge in [-0.25, -0.2) is 4.39 Å². The molecule has 0 saturated carbocycles. The molecule has 0 aliphatic rings. The summed E-state index contributed by atoms with van der Waals surface area (Å²) in [6.07, 6.45) is -0.991. The van der Waals surface area contributed by atoms with Crippen molar-refractivity contribution in [3.8, 4) is 17.2 Å². The van der Waals surface area contributed by atoms with Crippen LogP contribution in [0.25, 0.3) is 0 Å². The van der Waals surface area contributed by atoms with Crippen LogP contribution in [0.2, 0.25) is 0 Å². The fourth-order valence-corrected chi connectivity index (χ4v) is 2.13. The van der Waals surface area contributed by atoms with E-state index < -0.39 is 11.9 Å². The lowest BCUT2D eigenvalue weighted by molar-refractivity contribution is 0.218. The second-order valence-electron chi connectivity index (χ2n) is 4.42. The minimum Gasteiger partial charge on any atom is -0.493 e. The van der Waals surface area contributed by atoms with Crippen LogP contribution in [-0.2, 0) is 0 Å². The highest BCUT2D eigenvalue weighted by Gasteiger charge is 2.18. The van der Waals surface area contributed by atoms with Gasteiger partial charge < -0.3 is 19.3 Å². The van der Waals surface area contributed by atoms with Gasteiger partial charge >= 0.3 is 0 Å². The molecule has 0 bridgehead atoms. The van der Waals surface area contributed by atoms with Gasteiger partial charge in [0.05, 0.1) is 21.3 Å². The Morgan fingerprint density at radius 1 is 0.905 bits per heavy atom. The first-order valence-electron chi connectivity index (χ1n) is 6.34. The van der Waals surface area contributed by atoms with E-state index in [4.69, 9.17) is 14.2 Å². The molecule has 0 aromatic heterocycles. The van der Waals surface area contributed by atoms with Gasteiger partial charge in [-0.1, -0.05) is 12.1 Å². The molecule has 0 saturated heterocycles. The Morgan fingerprint density at radius 3 is 2.00 bits per heavy atom. The lowest BCUT2D eigenvalue weighted by atomic mass is 10.0. The maximum atomic E-state index is 13.3. The standard InChI is InChI=1S/C16H17FO4/c1-19-13-8-11(9-14(20-2)16(13)21-3)15(18)10-5-4-6-12(17)7-10/h4-9,15,18H,1-3H3. The van der Waals surface area contributed by atoms with Crippen molar-refractivity contribution in [1.82, 2.24) is 0 Å². The lowest BCUT2D eigenvalue weighted by Gasteiger charge is -2.17. The van der Waals surface area contributed by atoms with Gasteiger partial charge in [-0.2, -0.15) is 0 Å². The summed E-state index contributed by atoms with van der Waals surface area (Å²) in [6.45, 7) is 0. The highest BCUT2D eigenvalue weighted by atomic mass is 19.1. The van der Waals surface area contributed by atoms with E-state index in [-0.39, 0.29) is 0 Å². The number of aliphatic hydroxyl groups excluding tert-OH is 1. The van der Waals surface area contributed by atoms with Gasteiger partial charge in [0.1, 0.15) is 11.9 Å². The van der Waals surface area contributed by atoms with Crippen LogP contribution < -0.4 is 14.2 Å². The topological polar surface area (TPSA) is 47.9 Å². The van der Waals surface area contributed by atoms with Gasteiger partial charge in [-0.3, -0.25) is 0 Å². The van der Waals surface area contributed by atoms with Crippen LogP contribution in [0.15, 0.2) is 36.4 Å². The van der Waals surface area contributed by atoms with Crippen LogP contribution in [0.3, 0.4) is 0 Å². The molecular formula is C16H17FO4. The van der Waals surface area contributed by atoms with Crippen molar-refractivity contribution >= 4 is 0 Å². The molecule has 0 radical (unpaired) electrons. The van der Waals surface area contributed by atoms with Crippen LogP contribution in [0.1, 0.15) is 17.2 Å². The molecule has 112 valence electrons. The summed E-state index contributed by atoms with van der Waals surface area (Å²) in [5.74, 6) is 0.902.